The van der Waals surface area contributed by atoms with Crippen LogP contribution in [0.15, 0.2) is 42.5 Å². The number of benzene rings is 2. The molecule has 1 heterocycles. The van der Waals surface area contributed by atoms with E-state index >= 15 is 0 Å². The Labute approximate surface area is 145 Å². The van der Waals surface area contributed by atoms with Crippen molar-refractivity contribution in [2.75, 3.05) is 12.4 Å². The molecule has 5 heteroatoms. The number of carbonyl (C=O) groups excluding carboxylic acids is 2. The second kappa shape index (κ2) is 5.62. The van der Waals surface area contributed by atoms with Gasteiger partial charge >= 0.3 is 5.97 Å². The number of anilines is 1. The molecule has 0 radical (unpaired) electrons. The summed E-state index contributed by atoms with van der Waals surface area (Å²) >= 11 is 0. The number of hydrogen-bond acceptors (Lipinski definition) is 5. The van der Waals surface area contributed by atoms with E-state index in [4.69, 9.17) is 9.47 Å². The van der Waals surface area contributed by atoms with Crippen molar-refractivity contribution in [1.29, 1.82) is 0 Å². The van der Waals surface area contributed by atoms with Gasteiger partial charge in [0.2, 0.25) is 0 Å². The number of methoxy groups -OCH3 is 1. The molecule has 0 aromatic heterocycles. The van der Waals surface area contributed by atoms with Crippen LogP contribution < -0.4 is 14.8 Å². The van der Waals surface area contributed by atoms with Crippen LogP contribution in [0, 0.1) is 5.92 Å². The van der Waals surface area contributed by atoms with Gasteiger partial charge < -0.3 is 14.8 Å². The lowest BCUT2D eigenvalue weighted by Gasteiger charge is -2.39. The van der Waals surface area contributed by atoms with Crippen LogP contribution in [0.3, 0.4) is 0 Å². The third-order valence-corrected chi connectivity index (χ3v) is 5.17. The fourth-order valence-corrected chi connectivity index (χ4v) is 3.92. The van der Waals surface area contributed by atoms with Gasteiger partial charge in [-0.2, -0.15) is 0 Å². The number of hydrogen-bond donors (Lipinski definition) is 1. The van der Waals surface area contributed by atoms with Crippen molar-refractivity contribution in [3.63, 3.8) is 0 Å². The molecule has 0 fully saturated rings. The largest absolute Gasteiger partial charge is 0.497 e. The van der Waals surface area contributed by atoms with Gasteiger partial charge in [0, 0.05) is 12.5 Å². The molecule has 2 aromatic carbocycles. The zero-order valence-electron chi connectivity index (χ0n) is 14.2. The van der Waals surface area contributed by atoms with Crippen LogP contribution in [0.1, 0.15) is 24.5 Å². The quantitative estimate of drug-likeness (QED) is 0.689. The molecule has 1 aliphatic heterocycles. The van der Waals surface area contributed by atoms with Crippen LogP contribution in [-0.2, 0) is 21.5 Å². The minimum Gasteiger partial charge on any atom is -0.497 e. The van der Waals surface area contributed by atoms with Gasteiger partial charge in [-0.3, -0.25) is 4.79 Å². The first kappa shape index (κ1) is 15.7. The number of nitrogens with one attached hydrogen (secondary N) is 1. The highest BCUT2D eigenvalue weighted by Crippen LogP contribution is 2.50. The third-order valence-electron chi connectivity index (χ3n) is 5.17. The summed E-state index contributed by atoms with van der Waals surface area (Å²) in [6.45, 7) is 1.82. The summed E-state index contributed by atoms with van der Waals surface area (Å²) in [7, 11) is 1.58. The molecule has 1 aliphatic carbocycles. The normalized spacial score (nSPS) is 23.4. The molecule has 4 rings (SSSR count). The summed E-state index contributed by atoms with van der Waals surface area (Å²) in [6, 6.07) is 12.9. The highest BCUT2D eigenvalue weighted by atomic mass is 16.5. The minimum absolute atomic E-state index is 0.0481. The molecular weight excluding hydrogens is 318 g/mol. The lowest BCUT2D eigenvalue weighted by atomic mass is 9.79. The Balaban J connectivity index is 1.90. The summed E-state index contributed by atoms with van der Waals surface area (Å²) in [5.74, 6) is 0.239. The maximum atomic E-state index is 13.1. The predicted molar refractivity (Wildman–Crippen MR) is 92.9 cm³/mol. The number of fused-ring (bicyclic) bond motifs is 3. The predicted octanol–water partition coefficient (Wildman–Crippen LogP) is 3.07. The molecule has 2 aromatic rings. The van der Waals surface area contributed by atoms with Crippen molar-refractivity contribution in [2.24, 2.45) is 5.92 Å². The van der Waals surface area contributed by atoms with E-state index in [1.165, 1.54) is 0 Å². The molecule has 0 saturated carbocycles. The van der Waals surface area contributed by atoms with E-state index in [9.17, 15) is 9.59 Å². The first-order valence-electron chi connectivity index (χ1n) is 8.39. The Hall–Kier alpha value is -2.82. The smallest absolute Gasteiger partial charge is 0.342 e. The molecule has 5 nitrogen and oxygen atoms in total. The van der Waals surface area contributed by atoms with Crippen molar-refractivity contribution in [3.05, 3.63) is 53.6 Å². The van der Waals surface area contributed by atoms with Crippen molar-refractivity contribution < 1.29 is 19.1 Å². The lowest BCUT2D eigenvalue weighted by Crippen LogP contribution is -2.54. The Morgan fingerprint density at radius 2 is 2.12 bits per heavy atom. The summed E-state index contributed by atoms with van der Waals surface area (Å²) in [5, 5.41) is 3.34. The summed E-state index contributed by atoms with van der Waals surface area (Å²) in [5.41, 5.74) is 1.30. The highest BCUT2D eigenvalue weighted by Gasteiger charge is 2.58. The molecule has 1 N–H and O–H groups in total. The zero-order valence-corrected chi connectivity index (χ0v) is 14.2. The number of rotatable bonds is 3. The third kappa shape index (κ3) is 2.15. The molecule has 0 amide bonds. The molecular formula is C20H19NO4. The first-order chi connectivity index (χ1) is 12.1. The summed E-state index contributed by atoms with van der Waals surface area (Å²) < 4.78 is 10.9. The van der Waals surface area contributed by atoms with E-state index < -0.39 is 17.4 Å². The molecule has 0 bridgehead atoms. The Bertz CT molecular complexity index is 876. The summed E-state index contributed by atoms with van der Waals surface area (Å²) in [4.78, 5) is 25.7. The van der Waals surface area contributed by atoms with Crippen molar-refractivity contribution in [2.45, 2.75) is 25.3 Å². The topological polar surface area (TPSA) is 64.6 Å². The molecule has 2 unspecified atom stereocenters. The van der Waals surface area contributed by atoms with Gasteiger partial charge in [-0.05, 0) is 29.7 Å². The molecule has 2 atom stereocenters. The van der Waals surface area contributed by atoms with E-state index in [1.807, 2.05) is 31.2 Å². The minimum atomic E-state index is -1.18. The van der Waals surface area contributed by atoms with Gasteiger partial charge in [0.25, 0.3) is 0 Å². The number of Topliss-reactive ketones (excluding diaryl/α,β-unsaturated/α-hetero) is 1. The molecule has 0 saturated heterocycles. The van der Waals surface area contributed by atoms with Crippen LogP contribution in [-0.4, -0.2) is 18.9 Å². The Morgan fingerprint density at radius 1 is 1.32 bits per heavy atom. The SMILES string of the molecule is CCC(=O)C1Cc2ccccc2C12Nc1cc(OC)ccc1OC2=O. The van der Waals surface area contributed by atoms with Crippen molar-refractivity contribution in [3.8, 4) is 11.5 Å². The Kier molecular flexibility index (Phi) is 3.53. The van der Waals surface area contributed by atoms with Crippen LogP contribution >= 0.6 is 0 Å². The van der Waals surface area contributed by atoms with Gasteiger partial charge in [-0.15, -0.1) is 0 Å². The van der Waals surface area contributed by atoms with Crippen molar-refractivity contribution in [1.82, 2.24) is 0 Å². The van der Waals surface area contributed by atoms with E-state index in [2.05, 4.69) is 5.32 Å². The van der Waals surface area contributed by atoms with Gasteiger partial charge in [0.15, 0.2) is 11.3 Å². The van der Waals surface area contributed by atoms with E-state index in [0.717, 1.165) is 11.1 Å². The molecule has 25 heavy (non-hydrogen) atoms. The highest BCUT2D eigenvalue weighted by molar-refractivity contribution is 6.00. The van der Waals surface area contributed by atoms with Gasteiger partial charge in [-0.25, -0.2) is 4.79 Å². The lowest BCUT2D eigenvalue weighted by molar-refractivity contribution is -0.145. The maximum Gasteiger partial charge on any atom is 0.342 e. The first-order valence-corrected chi connectivity index (χ1v) is 8.39. The van der Waals surface area contributed by atoms with E-state index in [-0.39, 0.29) is 5.78 Å². The van der Waals surface area contributed by atoms with Crippen molar-refractivity contribution >= 4 is 17.4 Å². The zero-order chi connectivity index (χ0) is 17.6. The second-order valence-corrected chi connectivity index (χ2v) is 6.42. The van der Waals surface area contributed by atoms with Gasteiger partial charge in [0.1, 0.15) is 11.5 Å². The number of carbonyl (C=O) groups is 2. The molecule has 2 aliphatic rings. The Morgan fingerprint density at radius 3 is 2.88 bits per heavy atom. The average molecular weight is 337 g/mol. The number of esters is 1. The number of ether oxygens (including phenoxy) is 2. The standard InChI is InChI=1S/C20H19NO4/c1-3-17(22)15-10-12-6-4-5-7-14(12)20(15)19(23)25-18-9-8-13(24-2)11-16(18)21-20/h4-9,11,15,21H,3,10H2,1-2H3. The molecule has 128 valence electrons. The van der Waals surface area contributed by atoms with Crippen LogP contribution in [0.5, 0.6) is 11.5 Å². The van der Waals surface area contributed by atoms with Gasteiger partial charge in [-0.1, -0.05) is 31.2 Å². The second-order valence-electron chi connectivity index (χ2n) is 6.42. The van der Waals surface area contributed by atoms with Gasteiger partial charge in [0.05, 0.1) is 18.7 Å². The average Bonchev–Trinajstić information content (AvgIpc) is 2.97. The van der Waals surface area contributed by atoms with E-state index in [1.54, 1.807) is 25.3 Å². The monoisotopic (exact) mass is 337 g/mol. The number of ketones is 1. The fourth-order valence-electron chi connectivity index (χ4n) is 3.92. The van der Waals surface area contributed by atoms with Crippen LogP contribution in [0.2, 0.25) is 0 Å². The van der Waals surface area contributed by atoms with Crippen LogP contribution in [0.25, 0.3) is 0 Å². The summed E-state index contributed by atoms with van der Waals surface area (Å²) in [6.07, 6.45) is 0.907. The van der Waals surface area contributed by atoms with E-state index in [0.29, 0.717) is 30.0 Å². The molecule has 1 spiro atoms. The fraction of sp³-hybridized carbons (Fsp3) is 0.300. The van der Waals surface area contributed by atoms with Crippen LogP contribution in [0.4, 0.5) is 5.69 Å². The maximum absolute atomic E-state index is 13.1.